The van der Waals surface area contributed by atoms with E-state index >= 15 is 0 Å². The van der Waals surface area contributed by atoms with Crippen molar-refractivity contribution >= 4 is 23.2 Å². The van der Waals surface area contributed by atoms with Crippen molar-refractivity contribution in [3.8, 4) is 17.0 Å². The van der Waals surface area contributed by atoms with Gasteiger partial charge >= 0.3 is 0 Å². The second-order valence-corrected chi connectivity index (χ2v) is 6.75. The van der Waals surface area contributed by atoms with Crippen LogP contribution in [-0.4, -0.2) is 52.7 Å². The van der Waals surface area contributed by atoms with Gasteiger partial charge in [0.05, 0.1) is 5.69 Å². The van der Waals surface area contributed by atoms with Gasteiger partial charge in [0.25, 0.3) is 0 Å². The highest BCUT2D eigenvalue weighted by molar-refractivity contribution is 6.29. The number of hydrogen-bond donors (Lipinski definition) is 1. The normalized spacial score (nSPS) is 15.0. The predicted molar refractivity (Wildman–Crippen MR) is 104 cm³/mol. The van der Waals surface area contributed by atoms with Crippen LogP contribution in [0.4, 0.5) is 5.69 Å². The molecule has 2 heterocycles. The molecule has 1 saturated heterocycles. The van der Waals surface area contributed by atoms with E-state index in [4.69, 9.17) is 16.3 Å². The van der Waals surface area contributed by atoms with Crippen LogP contribution in [0.15, 0.2) is 30.5 Å². The van der Waals surface area contributed by atoms with Gasteiger partial charge in [-0.25, -0.2) is 0 Å². The molecule has 7 heteroatoms. The summed E-state index contributed by atoms with van der Waals surface area (Å²) in [5.41, 5.74) is 2.52. The molecule has 1 aromatic heterocycles. The number of alkyl halides is 1. The van der Waals surface area contributed by atoms with E-state index in [0.29, 0.717) is 12.3 Å². The molecule has 140 valence electrons. The highest BCUT2D eigenvalue weighted by atomic mass is 35.5. The zero-order chi connectivity index (χ0) is 18.4. The number of hydrogen-bond acceptors (Lipinski definition) is 4. The van der Waals surface area contributed by atoms with E-state index in [1.165, 1.54) is 19.3 Å². The maximum absolute atomic E-state index is 11.6. The van der Waals surface area contributed by atoms with Crippen molar-refractivity contribution < 1.29 is 9.53 Å². The molecule has 0 bridgehead atoms. The first kappa shape index (κ1) is 18.7. The van der Waals surface area contributed by atoms with E-state index in [-0.39, 0.29) is 11.8 Å². The number of halogens is 1. The average molecular weight is 377 g/mol. The van der Waals surface area contributed by atoms with Crippen LogP contribution in [0.5, 0.6) is 5.75 Å². The zero-order valence-electron chi connectivity index (χ0n) is 15.1. The fourth-order valence-electron chi connectivity index (χ4n) is 3.23. The molecule has 6 nitrogen and oxygen atoms in total. The summed E-state index contributed by atoms with van der Waals surface area (Å²) in [4.78, 5) is 14.0. The van der Waals surface area contributed by atoms with Crippen LogP contribution in [0.25, 0.3) is 11.3 Å². The number of ether oxygens (including phenoxy) is 1. The summed E-state index contributed by atoms with van der Waals surface area (Å²) >= 11 is 5.58. The van der Waals surface area contributed by atoms with Gasteiger partial charge in [0.1, 0.15) is 18.2 Å². The van der Waals surface area contributed by atoms with E-state index in [9.17, 15) is 4.79 Å². The topological polar surface area (TPSA) is 59.4 Å². The molecule has 2 aromatic rings. The van der Waals surface area contributed by atoms with Gasteiger partial charge in [-0.1, -0.05) is 6.42 Å². The van der Waals surface area contributed by atoms with Crippen LogP contribution >= 0.6 is 11.6 Å². The minimum absolute atomic E-state index is 0.0743. The number of aromatic nitrogens is 2. The first-order valence-corrected chi connectivity index (χ1v) is 9.54. The van der Waals surface area contributed by atoms with Crippen LogP contribution in [0.2, 0.25) is 0 Å². The first-order valence-electron chi connectivity index (χ1n) is 9.01. The summed E-state index contributed by atoms with van der Waals surface area (Å²) in [6.45, 7) is 3.87. The van der Waals surface area contributed by atoms with Gasteiger partial charge in [-0.05, 0) is 50.2 Å². The Labute approximate surface area is 159 Å². The summed E-state index contributed by atoms with van der Waals surface area (Å²) in [5.74, 6) is 0.477. The molecule has 0 radical (unpaired) electrons. The van der Waals surface area contributed by atoms with Crippen LogP contribution in [0.3, 0.4) is 0 Å². The molecule has 1 N–H and O–H groups in total. The monoisotopic (exact) mass is 376 g/mol. The lowest BCUT2D eigenvalue weighted by Crippen LogP contribution is -2.33. The van der Waals surface area contributed by atoms with E-state index < -0.39 is 0 Å². The summed E-state index contributed by atoms with van der Waals surface area (Å²) in [5, 5.41) is 7.02. The SMILES string of the molecule is Cn1nccc1-c1cc(NC(=O)CCl)ccc1OCCN1CCCCC1. The standard InChI is InChI=1S/C19H25ClN4O2/c1-23-17(7-8-21-23)16-13-15(22-19(25)14-20)5-6-18(16)26-12-11-24-9-3-2-4-10-24/h5-8,13H,2-4,9-12,14H2,1H3,(H,22,25). The van der Waals surface area contributed by atoms with E-state index in [1.54, 1.807) is 10.9 Å². The summed E-state index contributed by atoms with van der Waals surface area (Å²) < 4.78 is 7.88. The third-order valence-corrected chi connectivity index (χ3v) is 4.84. The maximum atomic E-state index is 11.6. The number of anilines is 1. The number of nitrogens with zero attached hydrogens (tertiary/aromatic N) is 3. The quantitative estimate of drug-likeness (QED) is 0.754. The highest BCUT2D eigenvalue weighted by Crippen LogP contribution is 2.32. The van der Waals surface area contributed by atoms with Gasteiger partial charge in [0, 0.05) is 31.0 Å². The smallest absolute Gasteiger partial charge is 0.239 e. The van der Waals surface area contributed by atoms with E-state index in [2.05, 4.69) is 15.3 Å². The van der Waals surface area contributed by atoms with Crippen LogP contribution in [0, 0.1) is 0 Å². The minimum atomic E-state index is -0.235. The van der Waals surface area contributed by atoms with Gasteiger partial charge in [-0.2, -0.15) is 5.10 Å². The molecular formula is C19H25ClN4O2. The molecular weight excluding hydrogens is 352 g/mol. The lowest BCUT2D eigenvalue weighted by molar-refractivity contribution is -0.113. The minimum Gasteiger partial charge on any atom is -0.492 e. The second kappa shape index (κ2) is 9.05. The average Bonchev–Trinajstić information content (AvgIpc) is 3.09. The number of rotatable bonds is 7. The van der Waals surface area contributed by atoms with Crippen molar-refractivity contribution in [2.45, 2.75) is 19.3 Å². The Morgan fingerprint density at radius 3 is 2.77 bits per heavy atom. The fourth-order valence-corrected chi connectivity index (χ4v) is 3.30. The Morgan fingerprint density at radius 1 is 1.27 bits per heavy atom. The van der Waals surface area contributed by atoms with Crippen LogP contribution in [-0.2, 0) is 11.8 Å². The van der Waals surface area contributed by atoms with E-state index in [0.717, 1.165) is 36.6 Å². The lowest BCUT2D eigenvalue weighted by atomic mass is 10.1. The van der Waals surface area contributed by atoms with Crippen molar-refractivity contribution in [3.05, 3.63) is 30.5 Å². The molecule has 0 atom stereocenters. The van der Waals surface area contributed by atoms with Gasteiger partial charge in [-0.3, -0.25) is 14.4 Å². The number of aryl methyl sites for hydroxylation is 1. The molecule has 1 amide bonds. The number of carbonyl (C=O) groups excluding carboxylic acids is 1. The zero-order valence-corrected chi connectivity index (χ0v) is 15.8. The first-order chi connectivity index (χ1) is 12.7. The van der Waals surface area contributed by atoms with Crippen LogP contribution < -0.4 is 10.1 Å². The Morgan fingerprint density at radius 2 is 2.08 bits per heavy atom. The molecule has 1 aliphatic rings. The second-order valence-electron chi connectivity index (χ2n) is 6.48. The number of likely N-dealkylation sites (tertiary alicyclic amines) is 1. The number of carbonyl (C=O) groups is 1. The number of nitrogens with one attached hydrogen (secondary N) is 1. The van der Waals surface area contributed by atoms with Crippen molar-refractivity contribution in [1.82, 2.24) is 14.7 Å². The van der Waals surface area contributed by atoms with Gasteiger partial charge in [0.15, 0.2) is 0 Å². The third-order valence-electron chi connectivity index (χ3n) is 4.60. The van der Waals surface area contributed by atoms with Crippen LogP contribution in [0.1, 0.15) is 19.3 Å². The van der Waals surface area contributed by atoms with Crippen molar-refractivity contribution in [2.75, 3.05) is 37.4 Å². The summed E-state index contributed by atoms with van der Waals surface area (Å²) in [7, 11) is 1.89. The third kappa shape index (κ3) is 4.77. The molecule has 3 rings (SSSR count). The molecule has 26 heavy (non-hydrogen) atoms. The summed E-state index contributed by atoms with van der Waals surface area (Å²) in [6.07, 6.45) is 5.62. The number of amides is 1. The Hall–Kier alpha value is -2.05. The van der Waals surface area contributed by atoms with Crippen molar-refractivity contribution in [1.29, 1.82) is 0 Å². The summed E-state index contributed by atoms with van der Waals surface area (Å²) in [6, 6.07) is 7.56. The lowest BCUT2D eigenvalue weighted by Gasteiger charge is -2.26. The number of piperidine rings is 1. The van der Waals surface area contributed by atoms with Crippen molar-refractivity contribution in [2.24, 2.45) is 7.05 Å². The Bertz CT molecular complexity index is 741. The fraction of sp³-hybridized carbons (Fsp3) is 0.474. The molecule has 0 unspecified atom stereocenters. The van der Waals surface area contributed by atoms with Gasteiger partial charge < -0.3 is 10.1 Å². The Kier molecular flexibility index (Phi) is 6.52. The van der Waals surface area contributed by atoms with Gasteiger partial charge in [-0.15, -0.1) is 11.6 Å². The van der Waals surface area contributed by atoms with E-state index in [1.807, 2.05) is 31.3 Å². The largest absolute Gasteiger partial charge is 0.492 e. The predicted octanol–water partition coefficient (Wildman–Crippen LogP) is 3.13. The Balaban J connectivity index is 1.74. The van der Waals surface area contributed by atoms with Crippen molar-refractivity contribution in [3.63, 3.8) is 0 Å². The van der Waals surface area contributed by atoms with Gasteiger partial charge in [0.2, 0.25) is 5.91 Å². The maximum Gasteiger partial charge on any atom is 0.239 e. The molecule has 1 aliphatic heterocycles. The number of benzene rings is 1. The molecule has 1 fully saturated rings. The highest BCUT2D eigenvalue weighted by Gasteiger charge is 2.14. The molecule has 0 spiro atoms. The molecule has 1 aromatic carbocycles. The molecule has 0 saturated carbocycles. The molecule has 0 aliphatic carbocycles.